The summed E-state index contributed by atoms with van der Waals surface area (Å²) in [5.74, 6) is 1.97. The minimum atomic E-state index is -0.812. The molecule has 194 valence electrons. The number of hydrogen-bond donors (Lipinski definition) is 3. The summed E-state index contributed by atoms with van der Waals surface area (Å²) in [4.78, 5) is 0. The molecule has 2 aliphatic heterocycles. The fourth-order valence-electron chi connectivity index (χ4n) is 6.78. The maximum absolute atomic E-state index is 11.9. The van der Waals surface area contributed by atoms with Crippen molar-refractivity contribution in [1.29, 1.82) is 0 Å². The van der Waals surface area contributed by atoms with Crippen LogP contribution in [0.25, 0.3) is 0 Å². The van der Waals surface area contributed by atoms with Crippen LogP contribution in [0, 0.1) is 31.1 Å². The molecular formula is C31H40O5. The van der Waals surface area contributed by atoms with Crippen molar-refractivity contribution in [3.8, 4) is 23.0 Å². The van der Waals surface area contributed by atoms with Gasteiger partial charge in [-0.15, -0.1) is 0 Å². The van der Waals surface area contributed by atoms with Crippen LogP contribution in [0.3, 0.4) is 0 Å². The number of aromatic hydroxyl groups is 2. The normalized spacial score (nSPS) is 33.9. The highest BCUT2D eigenvalue weighted by atomic mass is 16.5. The molecule has 5 atom stereocenters. The first kappa shape index (κ1) is 25.0. The summed E-state index contributed by atoms with van der Waals surface area (Å²) in [7, 11) is 0. The van der Waals surface area contributed by atoms with Gasteiger partial charge in [-0.2, -0.15) is 0 Å². The van der Waals surface area contributed by atoms with Gasteiger partial charge in [0.15, 0.2) is 0 Å². The average Bonchev–Trinajstić information content (AvgIpc) is 2.75. The van der Waals surface area contributed by atoms with E-state index in [0.29, 0.717) is 12.2 Å². The Morgan fingerprint density at radius 1 is 0.806 bits per heavy atom. The second kappa shape index (κ2) is 8.44. The number of phenols is 2. The van der Waals surface area contributed by atoms with Crippen molar-refractivity contribution in [3.63, 3.8) is 0 Å². The SMILES string of the molecule is Cc1cc(O)cc2c1C[C@@H]1CC(C)(C)/C=C/C[C@@]3(C)Oc4cc(O)cc(C)c4C[C@@H]3C[C@@H](O)[C@]1(C)O2. The van der Waals surface area contributed by atoms with Crippen molar-refractivity contribution in [3.05, 3.63) is 58.7 Å². The zero-order chi connectivity index (χ0) is 26.0. The zero-order valence-corrected chi connectivity index (χ0v) is 22.4. The largest absolute Gasteiger partial charge is 0.508 e. The molecule has 5 rings (SSSR count). The van der Waals surface area contributed by atoms with E-state index in [2.05, 4.69) is 32.9 Å². The Morgan fingerprint density at radius 3 is 1.97 bits per heavy atom. The van der Waals surface area contributed by atoms with E-state index in [0.717, 1.165) is 53.7 Å². The van der Waals surface area contributed by atoms with Gasteiger partial charge in [-0.05, 0) is 93.2 Å². The van der Waals surface area contributed by atoms with Gasteiger partial charge in [0.25, 0.3) is 0 Å². The van der Waals surface area contributed by atoms with Crippen LogP contribution < -0.4 is 9.47 Å². The van der Waals surface area contributed by atoms with Crippen LogP contribution in [0.2, 0.25) is 0 Å². The first-order chi connectivity index (χ1) is 16.8. The molecule has 2 heterocycles. The fourth-order valence-corrected chi connectivity index (χ4v) is 6.78. The summed E-state index contributed by atoms with van der Waals surface area (Å²) >= 11 is 0. The van der Waals surface area contributed by atoms with Crippen LogP contribution in [0.5, 0.6) is 23.0 Å². The summed E-state index contributed by atoms with van der Waals surface area (Å²) < 4.78 is 13.3. The number of aliphatic hydroxyl groups is 1. The molecule has 5 nitrogen and oxygen atoms in total. The molecule has 0 aromatic heterocycles. The molecule has 2 aromatic carbocycles. The number of hydrogen-bond acceptors (Lipinski definition) is 5. The quantitative estimate of drug-likeness (QED) is 0.384. The number of phenolic OH excluding ortho intramolecular Hbond substituents is 2. The summed E-state index contributed by atoms with van der Waals surface area (Å²) in [5.41, 5.74) is 2.80. The summed E-state index contributed by atoms with van der Waals surface area (Å²) in [6.45, 7) is 12.7. The lowest BCUT2D eigenvalue weighted by atomic mass is 9.67. The molecule has 1 aliphatic carbocycles. The van der Waals surface area contributed by atoms with Crippen LogP contribution in [0.1, 0.15) is 69.2 Å². The van der Waals surface area contributed by atoms with Crippen molar-refractivity contribution in [2.24, 2.45) is 17.3 Å². The predicted octanol–water partition coefficient (Wildman–Crippen LogP) is 6.16. The molecule has 2 aromatic rings. The van der Waals surface area contributed by atoms with Crippen molar-refractivity contribution in [1.82, 2.24) is 0 Å². The van der Waals surface area contributed by atoms with E-state index >= 15 is 0 Å². The Kier molecular flexibility index (Phi) is 5.86. The van der Waals surface area contributed by atoms with Gasteiger partial charge in [-0.1, -0.05) is 26.0 Å². The molecule has 0 unspecified atom stereocenters. The van der Waals surface area contributed by atoms with Crippen LogP contribution in [0.15, 0.2) is 36.4 Å². The Bertz CT molecular complexity index is 1210. The van der Waals surface area contributed by atoms with Crippen molar-refractivity contribution in [2.75, 3.05) is 0 Å². The van der Waals surface area contributed by atoms with E-state index < -0.39 is 17.3 Å². The van der Waals surface area contributed by atoms with E-state index in [1.807, 2.05) is 20.8 Å². The van der Waals surface area contributed by atoms with E-state index in [9.17, 15) is 15.3 Å². The third-order valence-corrected chi connectivity index (χ3v) is 9.12. The topological polar surface area (TPSA) is 79.2 Å². The van der Waals surface area contributed by atoms with Crippen molar-refractivity contribution < 1.29 is 24.8 Å². The van der Waals surface area contributed by atoms with E-state index in [4.69, 9.17) is 9.47 Å². The van der Waals surface area contributed by atoms with Gasteiger partial charge in [-0.25, -0.2) is 0 Å². The Hall–Kier alpha value is -2.66. The number of rotatable bonds is 0. The maximum Gasteiger partial charge on any atom is 0.135 e. The third kappa shape index (κ3) is 4.26. The summed E-state index contributed by atoms with van der Waals surface area (Å²) in [6, 6.07) is 6.97. The zero-order valence-electron chi connectivity index (χ0n) is 22.4. The molecule has 0 saturated heterocycles. The molecule has 0 amide bonds. The minimum absolute atomic E-state index is 0.0579. The smallest absolute Gasteiger partial charge is 0.135 e. The first-order valence-electron chi connectivity index (χ1n) is 13.2. The highest BCUT2D eigenvalue weighted by Gasteiger charge is 2.51. The second-order valence-electron chi connectivity index (χ2n) is 12.5. The Balaban J connectivity index is 1.58. The van der Waals surface area contributed by atoms with Gasteiger partial charge < -0.3 is 24.8 Å². The van der Waals surface area contributed by atoms with Gasteiger partial charge in [0.05, 0.1) is 6.10 Å². The van der Waals surface area contributed by atoms with Gasteiger partial charge in [0.2, 0.25) is 0 Å². The molecule has 36 heavy (non-hydrogen) atoms. The monoisotopic (exact) mass is 492 g/mol. The number of aryl methyl sites for hydroxylation is 2. The summed E-state index contributed by atoms with van der Waals surface area (Å²) in [5, 5.41) is 32.4. The van der Waals surface area contributed by atoms with E-state index in [-0.39, 0.29) is 28.7 Å². The van der Waals surface area contributed by atoms with Crippen molar-refractivity contribution in [2.45, 2.75) is 91.0 Å². The van der Waals surface area contributed by atoms with Crippen LogP contribution in [-0.2, 0) is 12.8 Å². The first-order valence-corrected chi connectivity index (χ1v) is 13.2. The van der Waals surface area contributed by atoms with Gasteiger partial charge in [-0.3, -0.25) is 0 Å². The van der Waals surface area contributed by atoms with Gasteiger partial charge >= 0.3 is 0 Å². The molecule has 0 saturated carbocycles. The molecule has 5 heteroatoms. The van der Waals surface area contributed by atoms with Crippen LogP contribution in [0.4, 0.5) is 0 Å². The third-order valence-electron chi connectivity index (χ3n) is 9.12. The van der Waals surface area contributed by atoms with E-state index in [1.54, 1.807) is 24.3 Å². The molecule has 0 spiro atoms. The van der Waals surface area contributed by atoms with Gasteiger partial charge in [0.1, 0.15) is 34.2 Å². The molecule has 0 fully saturated rings. The Labute approximate surface area is 214 Å². The van der Waals surface area contributed by atoms with Crippen LogP contribution >= 0.6 is 0 Å². The molecule has 0 bridgehead atoms. The highest BCUT2D eigenvalue weighted by Crippen LogP contribution is 2.50. The lowest BCUT2D eigenvalue weighted by molar-refractivity contribution is -0.117. The lowest BCUT2D eigenvalue weighted by Gasteiger charge is -2.49. The maximum atomic E-state index is 11.9. The number of aliphatic hydroxyl groups excluding tert-OH is 1. The standard InChI is InChI=1S/C31H40O5/c1-18-10-22(32)15-26-24(18)12-20-14-28(34)31(6)21(13-25-19(2)11-23(33)16-27(25)36-31)17-29(3,4)8-7-9-30(20,5)35-26/h7-8,10-11,15-16,20-21,28,32-34H,9,12-14,17H2,1-6H3/b8-7+/t20-,21-,28-,30-,31-/m1/s1. The highest BCUT2D eigenvalue weighted by molar-refractivity contribution is 5.49. The Morgan fingerprint density at radius 2 is 1.36 bits per heavy atom. The minimum Gasteiger partial charge on any atom is -0.508 e. The van der Waals surface area contributed by atoms with E-state index in [1.165, 1.54) is 0 Å². The fraction of sp³-hybridized carbons (Fsp3) is 0.548. The second-order valence-corrected chi connectivity index (χ2v) is 12.5. The van der Waals surface area contributed by atoms with Gasteiger partial charge in [0, 0.05) is 30.4 Å². The lowest BCUT2D eigenvalue weighted by Crippen LogP contribution is -2.57. The number of benzene rings is 2. The summed E-state index contributed by atoms with van der Waals surface area (Å²) in [6.07, 6.45) is 7.49. The predicted molar refractivity (Wildman–Crippen MR) is 141 cm³/mol. The van der Waals surface area contributed by atoms with Crippen LogP contribution in [-0.4, -0.2) is 32.6 Å². The number of allylic oxidation sites excluding steroid dienone is 1. The molecular weight excluding hydrogens is 452 g/mol. The number of ether oxygens (including phenoxy) is 2. The van der Waals surface area contributed by atoms with Crippen molar-refractivity contribution >= 4 is 0 Å². The molecule has 3 aliphatic rings. The number of fused-ring (bicyclic) bond motifs is 4. The molecule has 3 N–H and O–H groups in total. The average molecular weight is 493 g/mol. The molecule has 0 radical (unpaired) electrons.